The lowest BCUT2D eigenvalue weighted by Gasteiger charge is -2.31. The third-order valence-electron chi connectivity index (χ3n) is 5.47. The maximum absolute atomic E-state index is 3.52. The molecule has 1 aromatic carbocycles. The molecule has 1 N–H and O–H groups in total. The molecule has 2 bridgehead atoms. The summed E-state index contributed by atoms with van der Waals surface area (Å²) in [6.45, 7) is 9.31. The molecule has 3 rings (SSSR count). The average Bonchev–Trinajstić information content (AvgIpc) is 3.06. The summed E-state index contributed by atoms with van der Waals surface area (Å²) in [4.78, 5) is 2.72. The van der Waals surface area contributed by atoms with E-state index in [0.29, 0.717) is 6.04 Å². The molecule has 2 heteroatoms. The van der Waals surface area contributed by atoms with Gasteiger partial charge in [-0.25, -0.2) is 0 Å². The van der Waals surface area contributed by atoms with Gasteiger partial charge in [-0.2, -0.15) is 0 Å². The molecule has 1 saturated heterocycles. The van der Waals surface area contributed by atoms with E-state index in [9.17, 15) is 0 Å². The van der Waals surface area contributed by atoms with Gasteiger partial charge in [-0.15, -0.1) is 0 Å². The van der Waals surface area contributed by atoms with Gasteiger partial charge in [-0.05, 0) is 48.8 Å². The van der Waals surface area contributed by atoms with Crippen molar-refractivity contribution in [2.75, 3.05) is 20.1 Å². The molecule has 0 spiro atoms. The summed E-state index contributed by atoms with van der Waals surface area (Å²) in [5.74, 6) is 0.982. The van der Waals surface area contributed by atoms with Crippen molar-refractivity contribution in [3.05, 3.63) is 35.4 Å². The first-order valence-electron chi connectivity index (χ1n) is 8.49. The molecule has 0 radical (unpaired) electrons. The minimum absolute atomic E-state index is 0.238. The van der Waals surface area contributed by atoms with Crippen LogP contribution in [0.1, 0.15) is 57.2 Å². The summed E-state index contributed by atoms with van der Waals surface area (Å²) in [6, 6.07) is 10.6. The largest absolute Gasteiger partial charge is 0.312 e. The molecule has 1 heterocycles. The Hall–Kier alpha value is -0.860. The van der Waals surface area contributed by atoms with Gasteiger partial charge in [0.05, 0.1) is 0 Å². The van der Waals surface area contributed by atoms with Crippen molar-refractivity contribution >= 4 is 0 Å². The SMILES string of the molecule is CNC(CN1CC2CCC1C2)c1ccc(C(C)(C)C)cc1. The Kier molecular flexibility index (Phi) is 4.11. The number of hydrogen-bond acceptors (Lipinski definition) is 2. The fourth-order valence-corrected chi connectivity index (χ4v) is 4.06. The van der Waals surface area contributed by atoms with Crippen LogP contribution in [0.15, 0.2) is 24.3 Å². The van der Waals surface area contributed by atoms with Crippen molar-refractivity contribution in [2.45, 2.75) is 57.5 Å². The van der Waals surface area contributed by atoms with E-state index in [-0.39, 0.29) is 5.41 Å². The minimum atomic E-state index is 0.238. The van der Waals surface area contributed by atoms with Crippen LogP contribution in [0.2, 0.25) is 0 Å². The van der Waals surface area contributed by atoms with Crippen molar-refractivity contribution in [3.8, 4) is 0 Å². The fourth-order valence-electron chi connectivity index (χ4n) is 4.06. The summed E-state index contributed by atoms with van der Waals surface area (Å²) in [7, 11) is 2.09. The predicted octanol–water partition coefficient (Wildman–Crippen LogP) is 3.73. The molecular weight excluding hydrogens is 256 g/mol. The van der Waals surface area contributed by atoms with E-state index in [4.69, 9.17) is 0 Å². The van der Waals surface area contributed by atoms with Gasteiger partial charge in [0.25, 0.3) is 0 Å². The number of fused-ring (bicyclic) bond motifs is 2. The molecule has 3 atom stereocenters. The average molecular weight is 286 g/mol. The Morgan fingerprint density at radius 2 is 1.90 bits per heavy atom. The van der Waals surface area contributed by atoms with E-state index in [1.807, 2.05) is 0 Å². The molecule has 0 aromatic heterocycles. The molecule has 1 aromatic rings. The third-order valence-corrected chi connectivity index (χ3v) is 5.47. The van der Waals surface area contributed by atoms with Crippen LogP contribution in [0.3, 0.4) is 0 Å². The van der Waals surface area contributed by atoms with Crippen molar-refractivity contribution in [1.29, 1.82) is 0 Å². The van der Waals surface area contributed by atoms with Crippen LogP contribution in [0, 0.1) is 5.92 Å². The van der Waals surface area contributed by atoms with E-state index >= 15 is 0 Å². The first kappa shape index (κ1) is 15.1. The molecule has 1 saturated carbocycles. The number of nitrogens with zero attached hydrogens (tertiary/aromatic N) is 1. The quantitative estimate of drug-likeness (QED) is 0.907. The lowest BCUT2D eigenvalue weighted by atomic mass is 9.86. The minimum Gasteiger partial charge on any atom is -0.312 e. The second kappa shape index (κ2) is 5.73. The Labute approximate surface area is 129 Å². The highest BCUT2D eigenvalue weighted by Gasteiger charge is 2.38. The normalized spacial score (nSPS) is 27.2. The number of hydrogen-bond donors (Lipinski definition) is 1. The van der Waals surface area contributed by atoms with Crippen LogP contribution >= 0.6 is 0 Å². The number of rotatable bonds is 4. The molecule has 0 amide bonds. The van der Waals surface area contributed by atoms with Gasteiger partial charge in [0.15, 0.2) is 0 Å². The van der Waals surface area contributed by atoms with Crippen LogP contribution in [-0.2, 0) is 5.41 Å². The van der Waals surface area contributed by atoms with Gasteiger partial charge in [-0.3, -0.25) is 4.90 Å². The fraction of sp³-hybridized carbons (Fsp3) is 0.684. The van der Waals surface area contributed by atoms with Crippen LogP contribution < -0.4 is 5.32 Å². The van der Waals surface area contributed by atoms with Gasteiger partial charge in [0, 0.05) is 25.2 Å². The van der Waals surface area contributed by atoms with Crippen LogP contribution in [0.4, 0.5) is 0 Å². The molecule has 2 nitrogen and oxygen atoms in total. The molecule has 2 fully saturated rings. The predicted molar refractivity (Wildman–Crippen MR) is 89.6 cm³/mol. The molecule has 116 valence electrons. The van der Waals surface area contributed by atoms with Crippen LogP contribution in [0.25, 0.3) is 0 Å². The Balaban J connectivity index is 1.68. The van der Waals surface area contributed by atoms with E-state index in [2.05, 4.69) is 62.3 Å². The van der Waals surface area contributed by atoms with Crippen LogP contribution in [-0.4, -0.2) is 31.1 Å². The van der Waals surface area contributed by atoms with Crippen molar-refractivity contribution in [3.63, 3.8) is 0 Å². The van der Waals surface area contributed by atoms with Crippen molar-refractivity contribution in [2.24, 2.45) is 5.92 Å². The van der Waals surface area contributed by atoms with Gasteiger partial charge in [0.1, 0.15) is 0 Å². The van der Waals surface area contributed by atoms with Crippen LogP contribution in [0.5, 0.6) is 0 Å². The van der Waals surface area contributed by atoms with E-state index < -0.39 is 0 Å². The molecular formula is C19H30N2. The topological polar surface area (TPSA) is 15.3 Å². The summed E-state index contributed by atoms with van der Waals surface area (Å²) < 4.78 is 0. The maximum atomic E-state index is 3.52. The standard InChI is InChI=1S/C19H30N2/c1-19(2,3)16-8-6-15(7-9-16)18(20-4)13-21-12-14-5-10-17(21)11-14/h6-9,14,17-18,20H,5,10-13H2,1-4H3. The van der Waals surface area contributed by atoms with Crippen molar-refractivity contribution < 1.29 is 0 Å². The second-order valence-electron chi connectivity index (χ2n) is 8.00. The first-order chi connectivity index (χ1) is 9.97. The molecule has 1 aliphatic heterocycles. The third kappa shape index (κ3) is 3.17. The second-order valence-corrected chi connectivity index (χ2v) is 8.00. The highest BCUT2D eigenvalue weighted by molar-refractivity contribution is 5.29. The molecule has 21 heavy (non-hydrogen) atoms. The lowest BCUT2D eigenvalue weighted by molar-refractivity contribution is 0.194. The maximum Gasteiger partial charge on any atom is 0.0446 e. The summed E-state index contributed by atoms with van der Waals surface area (Å²) >= 11 is 0. The van der Waals surface area contributed by atoms with E-state index in [1.165, 1.54) is 36.9 Å². The number of nitrogens with one attached hydrogen (secondary N) is 1. The zero-order valence-electron chi connectivity index (χ0n) is 14.0. The summed E-state index contributed by atoms with van der Waals surface area (Å²) in [6.07, 6.45) is 4.33. The van der Waals surface area contributed by atoms with Crippen molar-refractivity contribution in [1.82, 2.24) is 10.2 Å². The zero-order valence-corrected chi connectivity index (χ0v) is 14.0. The number of likely N-dealkylation sites (tertiary alicyclic amines) is 1. The number of benzene rings is 1. The van der Waals surface area contributed by atoms with Gasteiger partial charge in [0.2, 0.25) is 0 Å². The highest BCUT2D eigenvalue weighted by Crippen LogP contribution is 2.38. The summed E-state index contributed by atoms with van der Waals surface area (Å²) in [5, 5.41) is 3.52. The molecule has 1 aliphatic carbocycles. The Morgan fingerprint density at radius 3 is 2.38 bits per heavy atom. The summed E-state index contributed by atoms with van der Waals surface area (Å²) in [5.41, 5.74) is 3.08. The van der Waals surface area contributed by atoms with Gasteiger partial charge < -0.3 is 5.32 Å². The van der Waals surface area contributed by atoms with Gasteiger partial charge >= 0.3 is 0 Å². The smallest absolute Gasteiger partial charge is 0.0446 e. The highest BCUT2D eigenvalue weighted by atomic mass is 15.2. The number of likely N-dealkylation sites (N-methyl/N-ethyl adjacent to an activating group) is 1. The lowest BCUT2D eigenvalue weighted by Crippen LogP contribution is -2.38. The first-order valence-corrected chi connectivity index (χ1v) is 8.49. The van der Waals surface area contributed by atoms with E-state index in [0.717, 1.165) is 18.5 Å². The monoisotopic (exact) mass is 286 g/mol. The Bertz CT molecular complexity index is 471. The number of piperidine rings is 1. The molecule has 3 unspecified atom stereocenters. The van der Waals surface area contributed by atoms with Gasteiger partial charge in [-0.1, -0.05) is 45.0 Å². The zero-order chi connectivity index (χ0) is 15.0. The molecule has 2 aliphatic rings. The van der Waals surface area contributed by atoms with E-state index in [1.54, 1.807) is 0 Å². The Morgan fingerprint density at radius 1 is 1.19 bits per heavy atom.